The monoisotopic (exact) mass is 295 g/mol. The third kappa shape index (κ3) is 2.97. The molecule has 1 aromatic heterocycles. The Morgan fingerprint density at radius 3 is 2.52 bits per heavy atom. The zero-order valence-corrected chi connectivity index (χ0v) is 11.4. The fourth-order valence-electron chi connectivity index (χ4n) is 2.55. The summed E-state index contributed by atoms with van der Waals surface area (Å²) in [5.41, 5.74) is 0.313. The molecule has 7 heteroatoms. The Kier molecular flexibility index (Phi) is 3.76. The summed E-state index contributed by atoms with van der Waals surface area (Å²) in [5.74, 6) is 0. The first kappa shape index (κ1) is 14.2. The molecule has 3 nitrogen and oxygen atoms in total. The van der Waals surface area contributed by atoms with Crippen molar-refractivity contribution < 1.29 is 17.7 Å². The number of hydrogen-bond acceptors (Lipinski definition) is 2. The van der Waals surface area contributed by atoms with E-state index in [4.69, 9.17) is 4.74 Å². The second-order valence-electron chi connectivity index (χ2n) is 5.16. The number of benzene rings is 1. The van der Waals surface area contributed by atoms with Gasteiger partial charge in [-0.25, -0.2) is 0 Å². The maximum absolute atomic E-state index is 13.3. The van der Waals surface area contributed by atoms with Crippen molar-refractivity contribution in [2.75, 3.05) is 6.61 Å². The summed E-state index contributed by atoms with van der Waals surface area (Å²) in [5, 5.41) is 4.16. The number of hydrogen-bond donors (Lipinski definition) is 0. The van der Waals surface area contributed by atoms with Gasteiger partial charge in [-0.2, -0.15) is 5.10 Å². The van der Waals surface area contributed by atoms with Crippen molar-refractivity contribution >= 4 is 12.6 Å². The average molecular weight is 295 g/mol. The van der Waals surface area contributed by atoms with Crippen LogP contribution >= 0.6 is 0 Å². The Hall–Kier alpha value is -1.76. The average Bonchev–Trinajstić information content (AvgIpc) is 2.94. The molecule has 3 rings (SSSR count). The second-order valence-corrected chi connectivity index (χ2v) is 5.16. The molecule has 21 heavy (non-hydrogen) atoms. The molecule has 2 aromatic rings. The van der Waals surface area contributed by atoms with Crippen molar-refractivity contribution in [3.05, 3.63) is 36.4 Å². The van der Waals surface area contributed by atoms with Crippen LogP contribution in [0, 0.1) is 0 Å². The van der Waals surface area contributed by atoms with E-state index < -0.39 is 18.8 Å². The quantitative estimate of drug-likeness (QED) is 0.812. The summed E-state index contributed by atoms with van der Waals surface area (Å²) in [7, 11) is 0. The highest BCUT2D eigenvalue weighted by Crippen LogP contribution is 2.25. The molecule has 0 amide bonds. The number of aromatic nitrogens is 2. The predicted molar refractivity (Wildman–Crippen MR) is 75.2 cm³/mol. The molecule has 0 spiro atoms. The van der Waals surface area contributed by atoms with Gasteiger partial charge in [0.1, 0.15) is 6.23 Å². The molecule has 112 valence electrons. The highest BCUT2D eigenvalue weighted by Gasteiger charge is 2.33. The van der Waals surface area contributed by atoms with E-state index >= 15 is 0 Å². The third-order valence-corrected chi connectivity index (χ3v) is 3.60. The lowest BCUT2D eigenvalue weighted by Gasteiger charge is -2.27. The van der Waals surface area contributed by atoms with Gasteiger partial charge >= 0.3 is 6.98 Å². The molecule has 2 heterocycles. The van der Waals surface area contributed by atoms with Crippen LogP contribution in [0.4, 0.5) is 12.9 Å². The van der Waals surface area contributed by atoms with Gasteiger partial charge in [0.05, 0.1) is 5.69 Å². The van der Waals surface area contributed by atoms with E-state index in [2.05, 4.69) is 5.10 Å². The smallest absolute Gasteiger partial charge is 0.444 e. The molecule has 1 saturated heterocycles. The van der Waals surface area contributed by atoms with Gasteiger partial charge in [-0.15, -0.1) is 0 Å². The van der Waals surface area contributed by atoms with Crippen LogP contribution in [0.2, 0.25) is 0 Å². The summed E-state index contributed by atoms with van der Waals surface area (Å²) < 4.78 is 46.3. The normalized spacial score (nSPS) is 19.7. The van der Waals surface area contributed by atoms with Gasteiger partial charge in [-0.1, -0.05) is 30.3 Å². The summed E-state index contributed by atoms with van der Waals surface area (Å²) in [4.78, 5) is 0. The van der Waals surface area contributed by atoms with Crippen LogP contribution in [0.15, 0.2) is 36.4 Å². The Morgan fingerprint density at radius 2 is 1.90 bits per heavy atom. The molecule has 1 aromatic carbocycles. The maximum Gasteiger partial charge on any atom is 0.527 e. The van der Waals surface area contributed by atoms with Crippen molar-refractivity contribution in [3.63, 3.8) is 0 Å². The number of nitrogens with zero attached hydrogens (tertiary/aromatic N) is 2. The van der Waals surface area contributed by atoms with Crippen LogP contribution in [-0.2, 0) is 4.74 Å². The van der Waals surface area contributed by atoms with Gasteiger partial charge in [-0.3, -0.25) is 4.68 Å². The molecule has 0 aliphatic carbocycles. The first-order valence-electron chi connectivity index (χ1n) is 7.02. The number of rotatable bonds is 3. The highest BCUT2D eigenvalue weighted by atomic mass is 19.4. The molecule has 1 fully saturated rings. The van der Waals surface area contributed by atoms with Crippen molar-refractivity contribution in [3.8, 4) is 11.3 Å². The maximum atomic E-state index is 13.3. The Labute approximate surface area is 120 Å². The molecular weight excluding hydrogens is 280 g/mol. The van der Waals surface area contributed by atoms with Gasteiger partial charge in [-0.05, 0) is 30.9 Å². The molecule has 0 N–H and O–H groups in total. The Bertz CT molecular complexity index is 606. The molecule has 0 radical (unpaired) electrons. The Morgan fingerprint density at radius 1 is 1.14 bits per heavy atom. The zero-order valence-electron chi connectivity index (χ0n) is 11.4. The Balaban J connectivity index is 2.03. The van der Waals surface area contributed by atoms with E-state index in [-0.39, 0.29) is 0 Å². The van der Waals surface area contributed by atoms with Crippen molar-refractivity contribution in [1.82, 2.24) is 9.78 Å². The molecule has 1 aliphatic rings. The lowest BCUT2D eigenvalue weighted by molar-refractivity contribution is -0.0378. The van der Waals surface area contributed by atoms with Crippen LogP contribution in [0.5, 0.6) is 0 Å². The second kappa shape index (κ2) is 5.56. The van der Waals surface area contributed by atoms with Gasteiger partial charge in [0.15, 0.2) is 0 Å². The summed E-state index contributed by atoms with van der Waals surface area (Å²) in [6.45, 7) is -4.64. The minimum absolute atomic E-state index is 0.332. The van der Waals surface area contributed by atoms with E-state index in [1.807, 2.05) is 6.07 Å². The van der Waals surface area contributed by atoms with Crippen molar-refractivity contribution in [2.45, 2.75) is 25.5 Å². The minimum Gasteiger partial charge on any atom is -0.444 e. The van der Waals surface area contributed by atoms with Gasteiger partial charge in [0.25, 0.3) is 0 Å². The topological polar surface area (TPSA) is 27.1 Å². The molecular formula is C14H15BF3N2O-. The van der Waals surface area contributed by atoms with Crippen molar-refractivity contribution in [1.29, 1.82) is 0 Å². The summed E-state index contributed by atoms with van der Waals surface area (Å²) >= 11 is 0. The first-order valence-corrected chi connectivity index (χ1v) is 7.02. The lowest BCUT2D eigenvalue weighted by atomic mass is 9.85. The highest BCUT2D eigenvalue weighted by molar-refractivity contribution is 6.73. The molecule has 1 unspecified atom stereocenters. The lowest BCUT2D eigenvalue weighted by Crippen LogP contribution is -2.42. The van der Waals surface area contributed by atoms with Crippen LogP contribution in [-0.4, -0.2) is 23.4 Å². The number of ether oxygens (including phenoxy) is 1. The fraction of sp³-hybridized carbons (Fsp3) is 0.357. The molecule has 1 aliphatic heterocycles. The van der Waals surface area contributed by atoms with Crippen LogP contribution < -0.4 is 5.59 Å². The molecule has 0 saturated carbocycles. The predicted octanol–water partition coefficient (Wildman–Crippen LogP) is 3.30. The van der Waals surface area contributed by atoms with Crippen LogP contribution in [0.25, 0.3) is 11.3 Å². The zero-order chi connectivity index (χ0) is 14.9. The molecule has 1 atom stereocenters. The summed E-state index contributed by atoms with van der Waals surface area (Å²) in [6.07, 6.45) is 1.69. The van der Waals surface area contributed by atoms with E-state index in [0.29, 0.717) is 24.3 Å². The third-order valence-electron chi connectivity index (χ3n) is 3.60. The van der Waals surface area contributed by atoms with Gasteiger partial charge in [0.2, 0.25) is 0 Å². The SMILES string of the molecule is F[B-](F)(F)c1cc(-c2ccccc2)nn1C1CCCCO1. The van der Waals surface area contributed by atoms with E-state index in [0.717, 1.165) is 23.6 Å². The van der Waals surface area contributed by atoms with E-state index in [9.17, 15) is 12.9 Å². The molecule has 0 bridgehead atoms. The fourth-order valence-corrected chi connectivity index (χ4v) is 2.55. The van der Waals surface area contributed by atoms with Crippen LogP contribution in [0.3, 0.4) is 0 Å². The summed E-state index contributed by atoms with van der Waals surface area (Å²) in [6, 6.07) is 10.0. The number of halogens is 3. The van der Waals surface area contributed by atoms with E-state index in [1.54, 1.807) is 24.3 Å². The first-order chi connectivity index (χ1) is 10.1. The minimum atomic E-state index is -5.12. The standard InChI is InChI=1S/C14H15BF3N2O/c16-15(17,18)13-10-12(11-6-2-1-3-7-11)19-20(13)14-8-4-5-9-21-14/h1-3,6-7,10,14H,4-5,8-9H2/q-1. The van der Waals surface area contributed by atoms with E-state index in [1.165, 1.54) is 0 Å². The van der Waals surface area contributed by atoms with Crippen molar-refractivity contribution in [2.24, 2.45) is 0 Å². The van der Waals surface area contributed by atoms with Gasteiger partial charge < -0.3 is 17.7 Å². The largest absolute Gasteiger partial charge is 0.527 e. The van der Waals surface area contributed by atoms with Gasteiger partial charge in [0, 0.05) is 12.2 Å². The van der Waals surface area contributed by atoms with Crippen LogP contribution in [0.1, 0.15) is 25.5 Å².